The smallest absolute Gasteiger partial charge is 0.0541 e. The number of aromatic nitrogens is 1. The largest absolute Gasteiger partial charge is 0.311 e. The van der Waals surface area contributed by atoms with Crippen LogP contribution in [0.25, 0.3) is 0 Å². The number of nitrogens with zero attached hydrogens (tertiary/aromatic N) is 1. The Bertz CT molecular complexity index is 840. The molecule has 0 fully saturated rings. The van der Waals surface area contributed by atoms with Gasteiger partial charge in [0, 0.05) is 24.6 Å². The van der Waals surface area contributed by atoms with Crippen molar-refractivity contribution in [3.8, 4) is 0 Å². The van der Waals surface area contributed by atoms with E-state index in [1.807, 2.05) is 12.3 Å². The van der Waals surface area contributed by atoms with Gasteiger partial charge in [-0.1, -0.05) is 54.6 Å². The fourth-order valence-corrected chi connectivity index (χ4v) is 4.85. The third kappa shape index (κ3) is 2.49. The highest BCUT2D eigenvalue weighted by Crippen LogP contribution is 2.55. The molecule has 25 heavy (non-hydrogen) atoms. The topological polar surface area (TPSA) is 24.9 Å². The van der Waals surface area contributed by atoms with Crippen LogP contribution in [-0.2, 0) is 6.54 Å². The Kier molecular flexibility index (Phi) is 3.64. The third-order valence-electron chi connectivity index (χ3n) is 5.86. The molecule has 2 aromatic carbocycles. The average molecular weight is 326 g/mol. The Labute approximate surface area is 148 Å². The molecular formula is C23H22N2. The van der Waals surface area contributed by atoms with Gasteiger partial charge < -0.3 is 5.32 Å². The number of hydrogen-bond acceptors (Lipinski definition) is 2. The first-order chi connectivity index (χ1) is 12.4. The van der Waals surface area contributed by atoms with E-state index in [0.717, 1.165) is 18.8 Å². The summed E-state index contributed by atoms with van der Waals surface area (Å²) in [5.74, 6) is 1.73. The second kappa shape index (κ2) is 6.12. The highest BCUT2D eigenvalue weighted by molar-refractivity contribution is 5.55. The number of hydrogen-bond donors (Lipinski definition) is 1. The SMILES string of the molecule is c1ccc(CNCC2CC3c4ccccc4C2c2ccccc23)nc1. The molecule has 3 aliphatic carbocycles. The van der Waals surface area contributed by atoms with E-state index in [1.54, 1.807) is 22.3 Å². The van der Waals surface area contributed by atoms with Gasteiger partial charge in [-0.05, 0) is 53.3 Å². The van der Waals surface area contributed by atoms with E-state index in [-0.39, 0.29) is 0 Å². The summed E-state index contributed by atoms with van der Waals surface area (Å²) in [6.07, 6.45) is 3.11. The fourth-order valence-electron chi connectivity index (χ4n) is 4.85. The summed E-state index contributed by atoms with van der Waals surface area (Å²) in [6.45, 7) is 1.89. The van der Waals surface area contributed by atoms with Gasteiger partial charge in [0.25, 0.3) is 0 Å². The predicted octanol–water partition coefficient (Wildman–Crippen LogP) is 4.47. The first-order valence-electron chi connectivity index (χ1n) is 9.20. The highest BCUT2D eigenvalue weighted by atomic mass is 14.9. The third-order valence-corrected chi connectivity index (χ3v) is 5.86. The second-order valence-corrected chi connectivity index (χ2v) is 7.24. The van der Waals surface area contributed by atoms with Crippen molar-refractivity contribution in [3.63, 3.8) is 0 Å². The van der Waals surface area contributed by atoms with E-state index >= 15 is 0 Å². The average Bonchev–Trinajstić information content (AvgIpc) is 2.69. The molecular weight excluding hydrogens is 304 g/mol. The van der Waals surface area contributed by atoms with Crippen LogP contribution in [0.1, 0.15) is 46.2 Å². The van der Waals surface area contributed by atoms with Crippen molar-refractivity contribution in [3.05, 3.63) is 101 Å². The normalized spacial score (nSPS) is 23.1. The Hall–Kier alpha value is -2.45. The molecule has 1 atom stereocenters. The van der Waals surface area contributed by atoms with Crippen LogP contribution >= 0.6 is 0 Å². The standard InChI is InChI=1S/C23H22N2/c1-3-10-20-18(8-1)22-13-16(14-24-15-17-7-5-6-12-25-17)23(20)21-11-4-2-9-19(21)22/h1-12,16,22-24H,13-15H2. The molecule has 1 aromatic heterocycles. The quantitative estimate of drug-likeness (QED) is 0.765. The first kappa shape index (κ1) is 14.9. The molecule has 0 spiro atoms. The van der Waals surface area contributed by atoms with E-state index < -0.39 is 0 Å². The van der Waals surface area contributed by atoms with E-state index in [4.69, 9.17) is 0 Å². The molecule has 1 heterocycles. The predicted molar refractivity (Wildman–Crippen MR) is 101 cm³/mol. The number of pyridine rings is 1. The minimum absolute atomic E-state index is 0.522. The molecule has 0 saturated heterocycles. The summed E-state index contributed by atoms with van der Waals surface area (Å²) in [6, 6.07) is 24.2. The minimum atomic E-state index is 0.522. The lowest BCUT2D eigenvalue weighted by atomic mass is 9.59. The number of nitrogens with one attached hydrogen (secondary N) is 1. The number of rotatable bonds is 4. The molecule has 0 amide bonds. The summed E-state index contributed by atoms with van der Waals surface area (Å²) in [5, 5.41) is 3.66. The van der Waals surface area contributed by atoms with E-state index in [9.17, 15) is 0 Å². The zero-order chi connectivity index (χ0) is 16.6. The van der Waals surface area contributed by atoms with Gasteiger partial charge >= 0.3 is 0 Å². The molecule has 1 N–H and O–H groups in total. The van der Waals surface area contributed by atoms with Crippen LogP contribution in [0.5, 0.6) is 0 Å². The zero-order valence-corrected chi connectivity index (χ0v) is 14.2. The van der Waals surface area contributed by atoms with Crippen molar-refractivity contribution in [1.82, 2.24) is 10.3 Å². The van der Waals surface area contributed by atoms with Crippen molar-refractivity contribution < 1.29 is 0 Å². The number of benzene rings is 2. The van der Waals surface area contributed by atoms with Crippen molar-refractivity contribution >= 4 is 0 Å². The Morgan fingerprint density at radius 3 is 2.08 bits per heavy atom. The first-order valence-corrected chi connectivity index (χ1v) is 9.20. The molecule has 2 nitrogen and oxygen atoms in total. The van der Waals surface area contributed by atoms with E-state index in [1.165, 1.54) is 6.42 Å². The van der Waals surface area contributed by atoms with Crippen molar-refractivity contribution in [2.45, 2.75) is 24.8 Å². The molecule has 3 aliphatic rings. The molecule has 2 heteroatoms. The molecule has 6 rings (SSSR count). The van der Waals surface area contributed by atoms with Gasteiger partial charge in [-0.15, -0.1) is 0 Å². The maximum Gasteiger partial charge on any atom is 0.0541 e. The maximum atomic E-state index is 4.42. The minimum Gasteiger partial charge on any atom is -0.311 e. The Morgan fingerprint density at radius 2 is 1.44 bits per heavy atom. The van der Waals surface area contributed by atoms with Gasteiger partial charge in [-0.2, -0.15) is 0 Å². The Morgan fingerprint density at radius 1 is 0.800 bits per heavy atom. The monoisotopic (exact) mass is 326 g/mol. The van der Waals surface area contributed by atoms with Gasteiger partial charge in [0.15, 0.2) is 0 Å². The van der Waals surface area contributed by atoms with Gasteiger partial charge in [0.2, 0.25) is 0 Å². The van der Waals surface area contributed by atoms with E-state index in [2.05, 4.69) is 71.0 Å². The maximum absolute atomic E-state index is 4.42. The second-order valence-electron chi connectivity index (χ2n) is 7.24. The highest BCUT2D eigenvalue weighted by Gasteiger charge is 2.42. The molecule has 0 aliphatic heterocycles. The van der Waals surface area contributed by atoms with Gasteiger partial charge in [0.1, 0.15) is 0 Å². The molecule has 1 unspecified atom stereocenters. The van der Waals surface area contributed by atoms with Gasteiger partial charge in [-0.25, -0.2) is 0 Å². The van der Waals surface area contributed by atoms with Gasteiger partial charge in [-0.3, -0.25) is 4.98 Å². The van der Waals surface area contributed by atoms with Crippen LogP contribution in [0.2, 0.25) is 0 Å². The number of fused-ring (bicyclic) bond motifs is 1. The molecule has 0 radical (unpaired) electrons. The van der Waals surface area contributed by atoms with Crippen molar-refractivity contribution in [2.24, 2.45) is 5.92 Å². The lowest BCUT2D eigenvalue weighted by Crippen LogP contribution is -2.37. The van der Waals surface area contributed by atoms with Crippen LogP contribution in [0.3, 0.4) is 0 Å². The zero-order valence-electron chi connectivity index (χ0n) is 14.2. The Balaban J connectivity index is 1.42. The fraction of sp³-hybridized carbons (Fsp3) is 0.261. The summed E-state index contributed by atoms with van der Waals surface area (Å²) in [5.41, 5.74) is 7.30. The van der Waals surface area contributed by atoms with Crippen molar-refractivity contribution in [2.75, 3.05) is 6.54 Å². The van der Waals surface area contributed by atoms with Crippen LogP contribution < -0.4 is 5.32 Å². The molecule has 124 valence electrons. The van der Waals surface area contributed by atoms with Crippen LogP contribution in [-0.4, -0.2) is 11.5 Å². The summed E-state index contributed by atoms with van der Waals surface area (Å²) in [7, 11) is 0. The van der Waals surface area contributed by atoms with Crippen LogP contribution in [0.15, 0.2) is 72.9 Å². The van der Waals surface area contributed by atoms with Crippen LogP contribution in [0, 0.1) is 5.92 Å². The van der Waals surface area contributed by atoms with Gasteiger partial charge in [0.05, 0.1) is 5.69 Å². The molecule has 2 bridgehead atoms. The lowest BCUT2D eigenvalue weighted by Gasteiger charge is -2.45. The van der Waals surface area contributed by atoms with E-state index in [0.29, 0.717) is 17.8 Å². The summed E-state index contributed by atoms with van der Waals surface area (Å²) in [4.78, 5) is 4.42. The summed E-state index contributed by atoms with van der Waals surface area (Å²) >= 11 is 0. The lowest BCUT2D eigenvalue weighted by molar-refractivity contribution is 0.338. The van der Waals surface area contributed by atoms with Crippen molar-refractivity contribution in [1.29, 1.82) is 0 Å². The summed E-state index contributed by atoms with van der Waals surface area (Å²) < 4.78 is 0. The van der Waals surface area contributed by atoms with Crippen LogP contribution in [0.4, 0.5) is 0 Å². The molecule has 3 aromatic rings. The molecule has 0 saturated carbocycles.